The van der Waals surface area contributed by atoms with Crippen LogP contribution in [0.2, 0.25) is 0 Å². The topological polar surface area (TPSA) is 108 Å². The minimum Gasteiger partial charge on any atom is -0.393 e. The first-order valence-corrected chi connectivity index (χ1v) is 19.6. The number of fused-ring (bicyclic) bond motifs is 4. The van der Waals surface area contributed by atoms with Crippen molar-refractivity contribution in [3.63, 3.8) is 0 Å². The summed E-state index contributed by atoms with van der Waals surface area (Å²) in [5.74, 6) is 12.8. The van der Waals surface area contributed by atoms with Gasteiger partial charge in [0.15, 0.2) is 0 Å². The zero-order valence-electron chi connectivity index (χ0n) is 32.3. The third kappa shape index (κ3) is 10.1. The van der Waals surface area contributed by atoms with Crippen LogP contribution in [0.4, 0.5) is 8.78 Å². The molecule has 6 aromatic rings. The van der Waals surface area contributed by atoms with Crippen molar-refractivity contribution in [2.75, 3.05) is 20.3 Å². The molecule has 2 atom stereocenters. The van der Waals surface area contributed by atoms with Gasteiger partial charge in [-0.25, -0.2) is 18.7 Å². The Labute approximate surface area is 335 Å². The van der Waals surface area contributed by atoms with Gasteiger partial charge < -0.3 is 14.6 Å². The summed E-state index contributed by atoms with van der Waals surface area (Å²) in [5.41, 5.74) is 3.81. The van der Waals surface area contributed by atoms with Crippen molar-refractivity contribution in [3.8, 4) is 23.7 Å². The van der Waals surface area contributed by atoms with E-state index < -0.39 is 6.10 Å². The Balaban J connectivity index is 0.000000157. The highest BCUT2D eigenvalue weighted by Crippen LogP contribution is 2.19. The molecule has 3 aliphatic rings. The molecular weight excluding hydrogens is 739 g/mol. The standard InChI is InChI=1S/C22H19FN2O2.C21H17FN2O2.C4H8O/c1-27-18-8-10-21-24-20-14-16(6-5-15-3-2-4-17(23)13-15)7-9-19(20)22(26)25(21)12-11-18;22-16-3-1-2-14(12-16)4-5-15-6-8-18-19(13-15)23-20-9-7-17(25)10-11-24(20)21(18)26;1-2-4-5-3-1/h2-4,7,9,13-14,18H,8,10-12H2,1H3;1-3,6,8,12-13,17,25H,7,9-11H2;1-4H2. The Bertz CT molecular complexity index is 2680. The Kier molecular flexibility index (Phi) is 13.2. The molecule has 9 nitrogen and oxygen atoms in total. The molecule has 5 heterocycles. The summed E-state index contributed by atoms with van der Waals surface area (Å²) in [6, 6.07) is 23.0. The molecule has 4 aromatic carbocycles. The Morgan fingerprint density at radius 2 is 1.14 bits per heavy atom. The van der Waals surface area contributed by atoms with Gasteiger partial charge in [0.05, 0.1) is 34.0 Å². The van der Waals surface area contributed by atoms with Gasteiger partial charge in [-0.05, 0) is 111 Å². The second-order valence-corrected chi connectivity index (χ2v) is 14.4. The fourth-order valence-corrected chi connectivity index (χ4v) is 7.13. The van der Waals surface area contributed by atoms with Crippen LogP contribution in [0.3, 0.4) is 0 Å². The normalized spacial score (nSPS) is 17.0. The molecule has 9 rings (SSSR count). The lowest BCUT2D eigenvalue weighted by Crippen LogP contribution is -2.24. The van der Waals surface area contributed by atoms with Crippen LogP contribution in [0, 0.1) is 35.3 Å². The van der Waals surface area contributed by atoms with Gasteiger partial charge in [-0.15, -0.1) is 0 Å². The lowest BCUT2D eigenvalue weighted by atomic mass is 10.1. The van der Waals surface area contributed by atoms with Gasteiger partial charge >= 0.3 is 0 Å². The summed E-state index contributed by atoms with van der Waals surface area (Å²) in [6.45, 7) is 3.11. The van der Waals surface area contributed by atoms with E-state index in [1.807, 2.05) is 6.07 Å². The van der Waals surface area contributed by atoms with Crippen LogP contribution in [0.5, 0.6) is 0 Å². The molecule has 2 unspecified atom stereocenters. The third-order valence-electron chi connectivity index (χ3n) is 10.3. The molecule has 1 saturated heterocycles. The van der Waals surface area contributed by atoms with Crippen molar-refractivity contribution >= 4 is 21.8 Å². The van der Waals surface area contributed by atoms with Gasteiger partial charge in [-0.3, -0.25) is 18.7 Å². The number of hydrogen-bond acceptors (Lipinski definition) is 7. The number of ether oxygens (including phenoxy) is 2. The number of aryl methyl sites for hydroxylation is 2. The number of aromatic nitrogens is 4. The summed E-state index contributed by atoms with van der Waals surface area (Å²) in [6.07, 6.45) is 6.44. The maximum absolute atomic E-state index is 13.3. The number of nitrogens with zero attached hydrogens (tertiary/aromatic N) is 4. The molecule has 2 aromatic heterocycles. The third-order valence-corrected chi connectivity index (χ3v) is 10.3. The van der Waals surface area contributed by atoms with Crippen LogP contribution >= 0.6 is 0 Å². The molecule has 296 valence electrons. The predicted octanol–water partition coefficient (Wildman–Crippen LogP) is 6.72. The first kappa shape index (κ1) is 40.2. The monoisotopic (exact) mass is 782 g/mol. The van der Waals surface area contributed by atoms with Gasteiger partial charge in [0, 0.05) is 68.5 Å². The molecular formula is C47H44F2N4O5. The largest absolute Gasteiger partial charge is 0.393 e. The maximum Gasteiger partial charge on any atom is 0.261 e. The molecule has 0 saturated carbocycles. The van der Waals surface area contributed by atoms with E-state index in [0.717, 1.165) is 37.4 Å². The molecule has 58 heavy (non-hydrogen) atoms. The van der Waals surface area contributed by atoms with E-state index in [2.05, 4.69) is 28.7 Å². The van der Waals surface area contributed by atoms with Crippen molar-refractivity contribution < 1.29 is 23.4 Å². The molecule has 0 amide bonds. The summed E-state index contributed by atoms with van der Waals surface area (Å²) >= 11 is 0. The lowest BCUT2D eigenvalue weighted by molar-refractivity contribution is 0.0885. The first-order chi connectivity index (χ1) is 28.2. The molecule has 0 spiro atoms. The quantitative estimate of drug-likeness (QED) is 0.185. The van der Waals surface area contributed by atoms with E-state index in [-0.39, 0.29) is 28.9 Å². The Hall–Kier alpha value is -5.98. The van der Waals surface area contributed by atoms with E-state index >= 15 is 0 Å². The second-order valence-electron chi connectivity index (χ2n) is 14.4. The highest BCUT2D eigenvalue weighted by molar-refractivity contribution is 5.80. The SMILES string of the molecule is C1CCOC1.COC1CCc2nc3cc(C#Cc4cccc(F)c4)ccc3c(=O)n2CC1.O=c1c2ccc(C#Cc3cccc(F)c3)cc2nc2n1CCC(O)CC2. The summed E-state index contributed by atoms with van der Waals surface area (Å²) < 4.78 is 40.3. The van der Waals surface area contributed by atoms with Gasteiger partial charge in [0.25, 0.3) is 11.1 Å². The highest BCUT2D eigenvalue weighted by atomic mass is 19.1. The zero-order valence-corrected chi connectivity index (χ0v) is 32.3. The Morgan fingerprint density at radius 3 is 1.60 bits per heavy atom. The average molecular weight is 783 g/mol. The Morgan fingerprint density at radius 1 is 0.655 bits per heavy atom. The number of aliphatic hydroxyl groups excluding tert-OH is 1. The van der Waals surface area contributed by atoms with Crippen molar-refractivity contribution in [2.24, 2.45) is 0 Å². The number of rotatable bonds is 1. The first-order valence-electron chi connectivity index (χ1n) is 19.6. The smallest absolute Gasteiger partial charge is 0.261 e. The maximum atomic E-state index is 13.3. The fraction of sp³-hybridized carbons (Fsp3) is 0.319. The highest BCUT2D eigenvalue weighted by Gasteiger charge is 2.20. The molecule has 0 radical (unpaired) electrons. The number of methoxy groups -OCH3 is 1. The van der Waals surface area contributed by atoms with Gasteiger partial charge in [0.1, 0.15) is 23.3 Å². The van der Waals surface area contributed by atoms with E-state index in [0.29, 0.717) is 83.1 Å². The van der Waals surface area contributed by atoms with Crippen molar-refractivity contribution in [1.82, 2.24) is 19.1 Å². The summed E-state index contributed by atoms with van der Waals surface area (Å²) in [7, 11) is 1.71. The van der Waals surface area contributed by atoms with Crippen molar-refractivity contribution in [1.29, 1.82) is 0 Å². The van der Waals surface area contributed by atoms with E-state index in [9.17, 15) is 23.5 Å². The van der Waals surface area contributed by atoms with Crippen LogP contribution in [-0.4, -0.2) is 56.7 Å². The van der Waals surface area contributed by atoms with Crippen molar-refractivity contribution in [3.05, 3.63) is 151 Å². The molecule has 11 heteroatoms. The zero-order chi connectivity index (χ0) is 40.4. The number of benzene rings is 4. The fourth-order valence-electron chi connectivity index (χ4n) is 7.13. The molecule has 3 aliphatic heterocycles. The molecule has 1 fully saturated rings. The van der Waals surface area contributed by atoms with E-state index in [1.54, 1.807) is 70.8 Å². The number of halogens is 2. The van der Waals surface area contributed by atoms with Gasteiger partial charge in [0.2, 0.25) is 0 Å². The minimum absolute atomic E-state index is 0.0172. The van der Waals surface area contributed by atoms with E-state index in [1.165, 1.54) is 37.1 Å². The molecule has 0 bridgehead atoms. The van der Waals surface area contributed by atoms with E-state index in [4.69, 9.17) is 14.5 Å². The number of hydrogen-bond donors (Lipinski definition) is 1. The molecule has 0 aliphatic carbocycles. The predicted molar refractivity (Wildman–Crippen MR) is 219 cm³/mol. The van der Waals surface area contributed by atoms with Gasteiger partial charge in [-0.1, -0.05) is 35.8 Å². The van der Waals surface area contributed by atoms with Crippen LogP contribution in [-0.2, 0) is 35.4 Å². The molecule has 1 N–H and O–H groups in total. The summed E-state index contributed by atoms with van der Waals surface area (Å²) in [5, 5.41) is 11.0. The van der Waals surface area contributed by atoms with Crippen LogP contribution in [0.15, 0.2) is 94.5 Å². The average Bonchev–Trinajstić information content (AvgIpc) is 3.68. The van der Waals surface area contributed by atoms with Gasteiger partial charge in [-0.2, -0.15) is 0 Å². The lowest BCUT2D eigenvalue weighted by Gasteiger charge is -2.10. The van der Waals surface area contributed by atoms with Crippen LogP contribution in [0.25, 0.3) is 21.8 Å². The second kappa shape index (κ2) is 19.0. The van der Waals surface area contributed by atoms with Crippen molar-refractivity contribution in [2.45, 2.75) is 76.7 Å². The number of aliphatic hydroxyl groups is 1. The summed E-state index contributed by atoms with van der Waals surface area (Å²) in [4.78, 5) is 34.9. The minimum atomic E-state index is -0.396. The van der Waals surface area contributed by atoms with Crippen LogP contribution in [0.1, 0.15) is 72.4 Å². The van der Waals surface area contributed by atoms with Crippen LogP contribution < -0.4 is 11.1 Å².